The van der Waals surface area contributed by atoms with E-state index in [1.165, 1.54) is 0 Å². The number of benzene rings is 1. The van der Waals surface area contributed by atoms with Crippen LogP contribution in [0, 0.1) is 0 Å². The van der Waals surface area contributed by atoms with Crippen molar-refractivity contribution in [3.63, 3.8) is 0 Å². The van der Waals surface area contributed by atoms with Gasteiger partial charge in [-0.05, 0) is 24.5 Å². The molecule has 0 aliphatic carbocycles. The Morgan fingerprint density at radius 3 is 2.70 bits per heavy atom. The van der Waals surface area contributed by atoms with Crippen molar-refractivity contribution in [1.82, 2.24) is 0 Å². The topological polar surface area (TPSA) is 74.7 Å². The second-order valence-corrected chi connectivity index (χ2v) is 7.84. The zero-order valence-corrected chi connectivity index (χ0v) is 11.8. The van der Waals surface area contributed by atoms with Gasteiger partial charge in [-0.2, -0.15) is 0 Å². The lowest BCUT2D eigenvalue weighted by Gasteiger charge is -2.30. The molecular weight excluding hydrogens is 278 g/mol. The quantitative estimate of drug-likeness (QED) is 0.899. The highest BCUT2D eigenvalue weighted by molar-refractivity contribution is 7.92. The zero-order chi connectivity index (χ0) is 14.3. The van der Waals surface area contributed by atoms with Crippen LogP contribution in [0.5, 0.6) is 0 Å². The monoisotopic (exact) mass is 295 g/mol. The third-order valence-electron chi connectivity index (χ3n) is 4.22. The number of nitrogens with zero attached hydrogens (tertiary/aromatic N) is 1. The van der Waals surface area contributed by atoms with E-state index >= 15 is 0 Å². The van der Waals surface area contributed by atoms with Crippen LogP contribution >= 0.6 is 0 Å². The molecule has 1 aromatic carbocycles. The van der Waals surface area contributed by atoms with Crippen molar-refractivity contribution in [3.8, 4) is 0 Å². The van der Waals surface area contributed by atoms with Crippen LogP contribution in [0.15, 0.2) is 24.3 Å². The molecule has 0 spiro atoms. The molecule has 6 heteroatoms. The van der Waals surface area contributed by atoms with Crippen molar-refractivity contribution in [2.75, 3.05) is 17.2 Å². The van der Waals surface area contributed by atoms with E-state index in [9.17, 15) is 13.2 Å². The molecule has 2 saturated heterocycles. The molecule has 5 nitrogen and oxygen atoms in total. The van der Waals surface area contributed by atoms with Crippen LogP contribution < -0.4 is 4.90 Å². The number of aliphatic carboxylic acids is 1. The van der Waals surface area contributed by atoms with E-state index in [0.717, 1.165) is 11.3 Å². The number of carboxylic acid groups (broad SMARTS) is 1. The Morgan fingerprint density at radius 1 is 1.35 bits per heavy atom. The highest BCUT2D eigenvalue weighted by Crippen LogP contribution is 2.37. The average molecular weight is 295 g/mol. The molecular formula is C14H17NO4S. The van der Waals surface area contributed by atoms with E-state index in [1.54, 1.807) is 0 Å². The molecule has 2 atom stereocenters. The van der Waals surface area contributed by atoms with Gasteiger partial charge < -0.3 is 10.0 Å². The van der Waals surface area contributed by atoms with Crippen LogP contribution in [0.25, 0.3) is 0 Å². The van der Waals surface area contributed by atoms with Crippen molar-refractivity contribution in [3.05, 3.63) is 29.8 Å². The maximum atomic E-state index is 11.8. The standard InChI is InChI=1S/C14H17NO4S/c16-14(17)6-5-10-3-1-2-4-13(10)15-8-12-7-11(15)9-20(12,18)19/h1-4,11-12H,5-9H2,(H,16,17). The molecule has 2 bridgehead atoms. The Balaban J connectivity index is 1.84. The molecule has 108 valence electrons. The van der Waals surface area contributed by atoms with Gasteiger partial charge in [0.25, 0.3) is 0 Å². The number of anilines is 1. The summed E-state index contributed by atoms with van der Waals surface area (Å²) in [5, 5.41) is 8.56. The Labute approximate surface area is 118 Å². The predicted molar refractivity (Wildman–Crippen MR) is 75.7 cm³/mol. The molecule has 2 fully saturated rings. The summed E-state index contributed by atoms with van der Waals surface area (Å²) in [7, 11) is -2.90. The average Bonchev–Trinajstić information content (AvgIpc) is 2.92. The predicted octanol–water partition coefficient (Wildman–Crippen LogP) is 1.08. The van der Waals surface area contributed by atoms with Crippen molar-refractivity contribution in [2.45, 2.75) is 30.6 Å². The maximum absolute atomic E-state index is 11.8. The molecule has 1 N–H and O–H groups in total. The summed E-state index contributed by atoms with van der Waals surface area (Å²) in [6.45, 7) is 0.539. The Hall–Kier alpha value is -1.56. The minimum Gasteiger partial charge on any atom is -0.481 e. The molecule has 0 radical (unpaired) electrons. The van der Waals surface area contributed by atoms with Crippen LogP contribution in [0.3, 0.4) is 0 Å². The number of sulfone groups is 1. The summed E-state index contributed by atoms with van der Waals surface area (Å²) in [6, 6.07) is 7.76. The highest BCUT2D eigenvalue weighted by atomic mass is 32.2. The number of aryl methyl sites for hydroxylation is 1. The first-order valence-corrected chi connectivity index (χ1v) is 8.47. The van der Waals surface area contributed by atoms with Crippen LogP contribution in [0.4, 0.5) is 5.69 Å². The second-order valence-electron chi connectivity index (χ2n) is 5.52. The van der Waals surface area contributed by atoms with Gasteiger partial charge in [-0.1, -0.05) is 18.2 Å². The van der Waals surface area contributed by atoms with Gasteiger partial charge in [0.2, 0.25) is 0 Å². The van der Waals surface area contributed by atoms with E-state index < -0.39 is 15.8 Å². The van der Waals surface area contributed by atoms with Gasteiger partial charge >= 0.3 is 5.97 Å². The van der Waals surface area contributed by atoms with Crippen molar-refractivity contribution < 1.29 is 18.3 Å². The van der Waals surface area contributed by atoms with Gasteiger partial charge in [-0.25, -0.2) is 8.42 Å². The lowest BCUT2D eigenvalue weighted by molar-refractivity contribution is -0.136. The summed E-state index contributed by atoms with van der Waals surface area (Å²) in [5.41, 5.74) is 1.98. The lowest BCUT2D eigenvalue weighted by atomic mass is 10.1. The van der Waals surface area contributed by atoms with Gasteiger partial charge in [0.1, 0.15) is 0 Å². The molecule has 0 aromatic heterocycles. The summed E-state index contributed by atoms with van der Waals surface area (Å²) >= 11 is 0. The fraction of sp³-hybridized carbons (Fsp3) is 0.500. The molecule has 2 aliphatic heterocycles. The lowest BCUT2D eigenvalue weighted by Crippen LogP contribution is -2.41. The van der Waals surface area contributed by atoms with Gasteiger partial charge in [-0.3, -0.25) is 4.79 Å². The van der Waals surface area contributed by atoms with E-state index in [4.69, 9.17) is 5.11 Å². The van der Waals surface area contributed by atoms with Crippen molar-refractivity contribution in [2.24, 2.45) is 0 Å². The fourth-order valence-corrected chi connectivity index (χ4v) is 5.26. The van der Waals surface area contributed by atoms with Crippen LogP contribution in [0.2, 0.25) is 0 Å². The number of hydrogen-bond donors (Lipinski definition) is 1. The second kappa shape index (κ2) is 4.77. The largest absolute Gasteiger partial charge is 0.481 e. The van der Waals surface area contributed by atoms with E-state index in [2.05, 4.69) is 4.90 Å². The van der Waals surface area contributed by atoms with Gasteiger partial charge in [0.05, 0.1) is 11.0 Å². The smallest absolute Gasteiger partial charge is 0.303 e. The van der Waals surface area contributed by atoms with Crippen molar-refractivity contribution >= 4 is 21.5 Å². The third-order valence-corrected chi connectivity index (χ3v) is 6.42. The highest BCUT2D eigenvalue weighted by Gasteiger charge is 2.48. The minimum absolute atomic E-state index is 0.0518. The Bertz CT molecular complexity index is 640. The molecule has 0 amide bonds. The first-order chi connectivity index (χ1) is 9.47. The molecule has 2 heterocycles. The van der Waals surface area contributed by atoms with E-state index in [0.29, 0.717) is 19.4 Å². The fourth-order valence-electron chi connectivity index (χ4n) is 3.24. The summed E-state index contributed by atoms with van der Waals surface area (Å²) in [4.78, 5) is 12.9. The number of rotatable bonds is 4. The SMILES string of the molecule is O=C(O)CCc1ccccc1N1CC2CC1CS2(=O)=O. The minimum atomic E-state index is -2.90. The van der Waals surface area contributed by atoms with Crippen LogP contribution in [-0.4, -0.2) is 43.1 Å². The van der Waals surface area contributed by atoms with E-state index in [-0.39, 0.29) is 23.5 Å². The third kappa shape index (κ3) is 2.28. The Morgan fingerprint density at radius 2 is 2.10 bits per heavy atom. The van der Waals surface area contributed by atoms with Crippen molar-refractivity contribution in [1.29, 1.82) is 0 Å². The van der Waals surface area contributed by atoms with Gasteiger partial charge in [-0.15, -0.1) is 0 Å². The number of hydrogen-bond acceptors (Lipinski definition) is 4. The first-order valence-electron chi connectivity index (χ1n) is 6.75. The number of carboxylic acids is 1. The van der Waals surface area contributed by atoms with E-state index in [1.807, 2.05) is 24.3 Å². The summed E-state index contributed by atoms with van der Waals surface area (Å²) in [6.07, 6.45) is 1.28. The molecule has 3 rings (SSSR count). The molecule has 0 saturated carbocycles. The summed E-state index contributed by atoms with van der Waals surface area (Å²) in [5.74, 6) is -0.587. The molecule has 2 aliphatic rings. The van der Waals surface area contributed by atoms with Crippen LogP contribution in [0.1, 0.15) is 18.4 Å². The number of fused-ring (bicyclic) bond motifs is 2. The van der Waals surface area contributed by atoms with Gasteiger partial charge in [0.15, 0.2) is 9.84 Å². The molecule has 20 heavy (non-hydrogen) atoms. The maximum Gasteiger partial charge on any atom is 0.303 e. The number of carbonyl (C=O) groups is 1. The number of para-hydroxylation sites is 1. The normalized spacial score (nSPS) is 26.9. The zero-order valence-electron chi connectivity index (χ0n) is 11.0. The molecule has 2 unspecified atom stereocenters. The molecule has 1 aromatic rings. The summed E-state index contributed by atoms with van der Waals surface area (Å²) < 4.78 is 23.6. The Kier molecular flexibility index (Phi) is 3.20. The van der Waals surface area contributed by atoms with Crippen LogP contribution in [-0.2, 0) is 21.1 Å². The van der Waals surface area contributed by atoms with Gasteiger partial charge in [0, 0.05) is 24.7 Å². The first kappa shape index (κ1) is 13.4.